The number of carbonyl (C=O) groups excluding carboxylic acids is 1. The summed E-state index contributed by atoms with van der Waals surface area (Å²) in [6.45, 7) is 22.1. The maximum absolute atomic E-state index is 12.3. The minimum absolute atomic E-state index is 0.0804. The molecule has 0 radical (unpaired) electrons. The topological polar surface area (TPSA) is 118 Å². The Morgan fingerprint density at radius 3 is 2.15 bits per heavy atom. The molecule has 4 saturated carbocycles. The average Bonchev–Trinajstić information content (AvgIpc) is 3.41. The highest BCUT2D eigenvalue weighted by molar-refractivity contribution is 5.71. The van der Waals surface area contributed by atoms with Crippen LogP contribution in [0.3, 0.4) is 0 Å². The second-order valence-electron chi connectivity index (χ2n) is 17.7. The SMILES string of the molecule is CC(C)C(=O)OC[C@@H](C)[C@H]1CCC2C3C(CC[C@@]21C)[C@@]1(C)CC[C@H](NCCCNCCCCNCCCN)CC1C[C@@H]3O[C@H](O)C(C)C. The third kappa shape index (κ3) is 9.76. The standard InChI is InChI=1S/C40H76N4O4/c1-27(2)37(45)47-26-29(5)32-12-13-33-36-34(15-17-40(32,33)7)39(6)16-14-31(24-30(39)25-35(36)48-38(46)28(3)4)44-23-11-22-43-20-9-8-19-42-21-10-18-41/h27-36,38,42-44,46H,8-26,41H2,1-7H3/t29-,30?,31+,32-,33?,34?,35+,36?,38+,39+,40-/m1/s1. The van der Waals surface area contributed by atoms with Gasteiger partial charge in [0, 0.05) is 12.0 Å². The maximum Gasteiger partial charge on any atom is 0.308 e. The number of aliphatic hydroxyl groups is 1. The smallest absolute Gasteiger partial charge is 0.308 e. The zero-order chi connectivity index (χ0) is 34.9. The van der Waals surface area contributed by atoms with E-state index < -0.39 is 6.29 Å². The lowest BCUT2D eigenvalue weighted by atomic mass is 9.43. The zero-order valence-corrected chi connectivity index (χ0v) is 32.0. The van der Waals surface area contributed by atoms with E-state index >= 15 is 0 Å². The van der Waals surface area contributed by atoms with E-state index in [1.165, 1.54) is 64.2 Å². The molecule has 0 aliphatic heterocycles. The number of carbonyl (C=O) groups is 1. The Kier molecular flexibility index (Phi) is 15.5. The Hall–Kier alpha value is -0.770. The second-order valence-corrected chi connectivity index (χ2v) is 17.7. The van der Waals surface area contributed by atoms with Crippen LogP contribution < -0.4 is 21.7 Å². The molecule has 0 saturated heterocycles. The third-order valence-electron chi connectivity index (χ3n) is 13.7. The summed E-state index contributed by atoms with van der Waals surface area (Å²) < 4.78 is 12.5. The van der Waals surface area contributed by atoms with Crippen LogP contribution in [0.15, 0.2) is 0 Å². The van der Waals surface area contributed by atoms with Crippen molar-refractivity contribution in [2.75, 3.05) is 45.9 Å². The number of hydrogen-bond donors (Lipinski definition) is 5. The zero-order valence-electron chi connectivity index (χ0n) is 32.0. The van der Waals surface area contributed by atoms with Gasteiger partial charge < -0.3 is 36.3 Å². The van der Waals surface area contributed by atoms with Gasteiger partial charge in [-0.25, -0.2) is 0 Å². The molecule has 4 aliphatic carbocycles. The molecule has 0 aromatic rings. The molecule has 11 atom stereocenters. The third-order valence-corrected chi connectivity index (χ3v) is 13.7. The Morgan fingerprint density at radius 1 is 0.833 bits per heavy atom. The van der Waals surface area contributed by atoms with E-state index in [0.29, 0.717) is 53.6 Å². The van der Waals surface area contributed by atoms with Gasteiger partial charge in [-0.2, -0.15) is 0 Å². The lowest BCUT2D eigenvalue weighted by Crippen LogP contribution is -2.60. The predicted octanol–water partition coefficient (Wildman–Crippen LogP) is 6.11. The van der Waals surface area contributed by atoms with Gasteiger partial charge in [-0.3, -0.25) is 4.79 Å². The average molecular weight is 677 g/mol. The highest BCUT2D eigenvalue weighted by Crippen LogP contribution is 2.68. The summed E-state index contributed by atoms with van der Waals surface area (Å²) in [5.74, 6) is 3.21. The number of unbranched alkanes of at least 4 members (excludes halogenated alkanes) is 1. The summed E-state index contributed by atoms with van der Waals surface area (Å²) >= 11 is 0. The van der Waals surface area contributed by atoms with Gasteiger partial charge in [-0.1, -0.05) is 48.5 Å². The first-order valence-electron chi connectivity index (χ1n) is 20.3. The van der Waals surface area contributed by atoms with E-state index in [1.807, 2.05) is 13.8 Å². The molecule has 4 unspecified atom stereocenters. The van der Waals surface area contributed by atoms with Crippen molar-refractivity contribution in [1.29, 1.82) is 0 Å². The van der Waals surface area contributed by atoms with E-state index in [2.05, 4.69) is 50.6 Å². The number of rotatable bonds is 20. The van der Waals surface area contributed by atoms with Gasteiger partial charge in [-0.15, -0.1) is 0 Å². The van der Waals surface area contributed by atoms with E-state index in [4.69, 9.17) is 15.2 Å². The molecule has 0 bridgehead atoms. The highest BCUT2D eigenvalue weighted by atomic mass is 16.6. The molecule has 0 aromatic carbocycles. The van der Waals surface area contributed by atoms with Gasteiger partial charge in [0.25, 0.3) is 0 Å². The van der Waals surface area contributed by atoms with Gasteiger partial charge in [0.15, 0.2) is 6.29 Å². The van der Waals surface area contributed by atoms with Crippen molar-refractivity contribution in [3.8, 4) is 0 Å². The predicted molar refractivity (Wildman–Crippen MR) is 196 cm³/mol. The molecule has 48 heavy (non-hydrogen) atoms. The van der Waals surface area contributed by atoms with Crippen molar-refractivity contribution in [2.45, 2.75) is 144 Å². The molecule has 4 aliphatic rings. The van der Waals surface area contributed by atoms with Crippen LogP contribution in [0.5, 0.6) is 0 Å². The summed E-state index contributed by atoms with van der Waals surface area (Å²) in [7, 11) is 0. The summed E-state index contributed by atoms with van der Waals surface area (Å²) in [6.07, 6.45) is 13.9. The van der Waals surface area contributed by atoms with Gasteiger partial charge in [-0.05, 0) is 163 Å². The van der Waals surface area contributed by atoms with Crippen molar-refractivity contribution < 1.29 is 19.4 Å². The molecule has 4 fully saturated rings. The van der Waals surface area contributed by atoms with E-state index in [1.54, 1.807) is 0 Å². The first-order chi connectivity index (χ1) is 22.9. The molecule has 280 valence electrons. The van der Waals surface area contributed by atoms with Gasteiger partial charge in [0.05, 0.1) is 18.6 Å². The number of fused-ring (bicyclic) bond motifs is 5. The van der Waals surface area contributed by atoms with Crippen molar-refractivity contribution in [3.63, 3.8) is 0 Å². The van der Waals surface area contributed by atoms with Crippen molar-refractivity contribution in [3.05, 3.63) is 0 Å². The van der Waals surface area contributed by atoms with E-state index in [9.17, 15) is 9.90 Å². The molecule has 0 heterocycles. The number of nitrogens with one attached hydrogen (secondary N) is 3. The maximum atomic E-state index is 12.3. The fourth-order valence-electron chi connectivity index (χ4n) is 10.8. The summed E-state index contributed by atoms with van der Waals surface area (Å²) in [5.41, 5.74) is 6.12. The van der Waals surface area contributed by atoms with Crippen molar-refractivity contribution in [2.24, 2.45) is 63.9 Å². The van der Waals surface area contributed by atoms with Crippen LogP contribution in [-0.2, 0) is 14.3 Å². The Labute approximate surface area is 294 Å². The molecule has 0 amide bonds. The number of ether oxygens (including phenoxy) is 2. The van der Waals surface area contributed by atoms with Gasteiger partial charge >= 0.3 is 5.97 Å². The quantitative estimate of drug-likeness (QED) is 0.0596. The molecular weight excluding hydrogens is 600 g/mol. The van der Waals surface area contributed by atoms with Crippen LogP contribution >= 0.6 is 0 Å². The van der Waals surface area contributed by atoms with Crippen LogP contribution in [0.2, 0.25) is 0 Å². The largest absolute Gasteiger partial charge is 0.465 e. The molecule has 6 N–H and O–H groups in total. The lowest BCUT2D eigenvalue weighted by Gasteiger charge is -2.63. The van der Waals surface area contributed by atoms with Crippen LogP contribution in [-0.4, -0.2) is 75.4 Å². The number of esters is 1. The van der Waals surface area contributed by atoms with Crippen LogP contribution in [0.1, 0.15) is 126 Å². The van der Waals surface area contributed by atoms with Gasteiger partial charge in [0.2, 0.25) is 0 Å². The Balaban J connectivity index is 1.32. The molecule has 8 heteroatoms. The molecule has 4 rings (SSSR count). The van der Waals surface area contributed by atoms with Crippen molar-refractivity contribution >= 4 is 5.97 Å². The summed E-state index contributed by atoms with van der Waals surface area (Å²) in [5, 5.41) is 22.1. The summed E-state index contributed by atoms with van der Waals surface area (Å²) in [6, 6.07) is 0.578. The van der Waals surface area contributed by atoms with Crippen LogP contribution in [0.25, 0.3) is 0 Å². The fourth-order valence-corrected chi connectivity index (χ4v) is 10.8. The second kappa shape index (κ2) is 18.6. The molecule has 8 nitrogen and oxygen atoms in total. The highest BCUT2D eigenvalue weighted by Gasteiger charge is 2.63. The lowest BCUT2D eigenvalue weighted by molar-refractivity contribution is -0.238. The van der Waals surface area contributed by atoms with Crippen LogP contribution in [0.4, 0.5) is 0 Å². The molecular formula is C40H76N4O4. The first-order valence-corrected chi connectivity index (χ1v) is 20.3. The normalized spacial score (nSPS) is 36.0. The van der Waals surface area contributed by atoms with E-state index in [-0.39, 0.29) is 29.3 Å². The Morgan fingerprint density at radius 2 is 1.48 bits per heavy atom. The first kappa shape index (κ1) is 40.0. The minimum Gasteiger partial charge on any atom is -0.465 e. The Bertz CT molecular complexity index is 966. The number of hydrogen-bond acceptors (Lipinski definition) is 8. The van der Waals surface area contributed by atoms with E-state index in [0.717, 1.165) is 52.1 Å². The van der Waals surface area contributed by atoms with Crippen LogP contribution in [0, 0.1) is 58.2 Å². The number of nitrogens with two attached hydrogens (primary N) is 1. The molecule has 0 spiro atoms. The van der Waals surface area contributed by atoms with Gasteiger partial charge in [0.1, 0.15) is 0 Å². The molecule has 0 aromatic heterocycles. The summed E-state index contributed by atoms with van der Waals surface area (Å²) in [4.78, 5) is 12.3. The monoisotopic (exact) mass is 677 g/mol. The fraction of sp³-hybridized carbons (Fsp3) is 0.975. The minimum atomic E-state index is -0.711. The number of aliphatic hydroxyl groups excluding tert-OH is 1. The van der Waals surface area contributed by atoms with Crippen molar-refractivity contribution in [1.82, 2.24) is 16.0 Å².